The second-order valence-electron chi connectivity index (χ2n) is 7.39. The van der Waals surface area contributed by atoms with E-state index in [2.05, 4.69) is 67.1 Å². The van der Waals surface area contributed by atoms with Crippen LogP contribution in [0.5, 0.6) is 0 Å². The van der Waals surface area contributed by atoms with Crippen molar-refractivity contribution in [1.29, 1.82) is 0 Å². The molecule has 0 spiro atoms. The Morgan fingerprint density at radius 3 is 2.32 bits per heavy atom. The highest BCUT2D eigenvalue weighted by atomic mass is 35.5. The summed E-state index contributed by atoms with van der Waals surface area (Å²) in [5.41, 5.74) is 10.2. The van der Waals surface area contributed by atoms with Gasteiger partial charge in [-0.2, -0.15) is 5.10 Å². The summed E-state index contributed by atoms with van der Waals surface area (Å²) in [6, 6.07) is 13.8. The lowest BCUT2D eigenvalue weighted by Crippen LogP contribution is -2.19. The number of aromatic nitrogens is 1. The number of thioether (sulfide) groups is 1. The molecule has 0 radical (unpaired) electrons. The SMILES string of the molecule is Cc1cccc(C)c1-n1c(C)cc(/C=N\NC(=O)CSCc2c(Cl)cccc2Cl)c1C. The average Bonchev–Trinajstić information content (AvgIpc) is 2.98. The van der Waals surface area contributed by atoms with Gasteiger partial charge in [-0.15, -0.1) is 11.8 Å². The molecule has 0 saturated heterocycles. The maximum atomic E-state index is 12.1. The summed E-state index contributed by atoms with van der Waals surface area (Å²) in [5.74, 6) is 0.653. The van der Waals surface area contributed by atoms with Crippen LogP contribution in [0.25, 0.3) is 5.69 Å². The zero-order valence-electron chi connectivity index (χ0n) is 18.0. The van der Waals surface area contributed by atoms with Crippen LogP contribution in [0.3, 0.4) is 0 Å². The van der Waals surface area contributed by atoms with E-state index in [-0.39, 0.29) is 11.7 Å². The Bertz CT molecular complexity index is 1100. The molecule has 0 bridgehead atoms. The third kappa shape index (κ3) is 5.53. The lowest BCUT2D eigenvalue weighted by Gasteiger charge is -2.15. The Balaban J connectivity index is 1.62. The molecule has 0 aliphatic carbocycles. The van der Waals surface area contributed by atoms with Crippen molar-refractivity contribution in [3.05, 3.63) is 86.2 Å². The molecule has 162 valence electrons. The molecular weight excluding hydrogens is 449 g/mol. The maximum Gasteiger partial charge on any atom is 0.250 e. The van der Waals surface area contributed by atoms with Gasteiger partial charge in [0.05, 0.1) is 17.7 Å². The van der Waals surface area contributed by atoms with Crippen LogP contribution in [0.4, 0.5) is 0 Å². The Morgan fingerprint density at radius 2 is 1.68 bits per heavy atom. The maximum absolute atomic E-state index is 12.1. The average molecular weight is 474 g/mol. The van der Waals surface area contributed by atoms with Gasteiger partial charge in [0, 0.05) is 32.7 Å². The van der Waals surface area contributed by atoms with Crippen molar-refractivity contribution in [1.82, 2.24) is 9.99 Å². The molecule has 4 nitrogen and oxygen atoms in total. The predicted molar refractivity (Wildman–Crippen MR) is 133 cm³/mol. The van der Waals surface area contributed by atoms with Crippen LogP contribution in [-0.2, 0) is 10.5 Å². The number of nitrogens with one attached hydrogen (secondary N) is 1. The molecule has 0 fully saturated rings. The zero-order valence-corrected chi connectivity index (χ0v) is 20.3. The number of nitrogens with zero attached hydrogens (tertiary/aromatic N) is 2. The minimum absolute atomic E-state index is 0.173. The lowest BCUT2D eigenvalue weighted by molar-refractivity contribution is -0.118. The molecule has 0 aliphatic rings. The van der Waals surface area contributed by atoms with Gasteiger partial charge in [0.25, 0.3) is 0 Å². The molecule has 3 aromatic rings. The second kappa shape index (κ2) is 10.4. The van der Waals surface area contributed by atoms with E-state index in [1.54, 1.807) is 24.4 Å². The molecule has 0 unspecified atom stereocenters. The van der Waals surface area contributed by atoms with Crippen molar-refractivity contribution in [2.75, 3.05) is 5.75 Å². The van der Waals surface area contributed by atoms with Crippen molar-refractivity contribution in [2.45, 2.75) is 33.4 Å². The molecule has 3 rings (SSSR count). The standard InChI is InChI=1S/C24H25Cl2N3OS/c1-15-7-5-8-16(2)24(15)29-17(3)11-19(18(29)4)12-27-28-23(30)14-31-13-20-21(25)9-6-10-22(20)26/h5-12H,13-14H2,1-4H3,(H,28,30)/b27-12-. The van der Waals surface area contributed by atoms with Crippen molar-refractivity contribution in [3.8, 4) is 5.69 Å². The summed E-state index contributed by atoms with van der Waals surface area (Å²) < 4.78 is 2.23. The van der Waals surface area contributed by atoms with Gasteiger partial charge in [0.1, 0.15) is 0 Å². The Labute approximate surface area is 197 Å². The van der Waals surface area contributed by atoms with Crippen molar-refractivity contribution in [2.24, 2.45) is 5.10 Å². The van der Waals surface area contributed by atoms with E-state index in [4.69, 9.17) is 23.2 Å². The Hall–Kier alpha value is -2.21. The van der Waals surface area contributed by atoms with Crippen LogP contribution in [0.1, 0.15) is 33.6 Å². The van der Waals surface area contributed by atoms with Crippen LogP contribution in [0, 0.1) is 27.7 Å². The van der Waals surface area contributed by atoms with E-state index in [0.717, 1.165) is 22.5 Å². The normalized spacial score (nSPS) is 11.3. The summed E-state index contributed by atoms with van der Waals surface area (Å²) in [5, 5.41) is 5.37. The van der Waals surface area contributed by atoms with Gasteiger partial charge in [-0.3, -0.25) is 4.79 Å². The molecule has 31 heavy (non-hydrogen) atoms. The van der Waals surface area contributed by atoms with E-state index in [0.29, 0.717) is 15.8 Å². The molecular formula is C24H25Cl2N3OS. The highest BCUT2D eigenvalue weighted by Crippen LogP contribution is 2.28. The summed E-state index contributed by atoms with van der Waals surface area (Å²) in [6.45, 7) is 8.36. The highest BCUT2D eigenvalue weighted by molar-refractivity contribution is 7.99. The van der Waals surface area contributed by atoms with Gasteiger partial charge in [0.2, 0.25) is 5.91 Å². The van der Waals surface area contributed by atoms with E-state index >= 15 is 0 Å². The minimum atomic E-state index is -0.173. The lowest BCUT2D eigenvalue weighted by atomic mass is 10.1. The van der Waals surface area contributed by atoms with Crippen LogP contribution in [0.15, 0.2) is 47.6 Å². The molecule has 1 N–H and O–H groups in total. The van der Waals surface area contributed by atoms with E-state index in [1.807, 2.05) is 0 Å². The number of rotatable bonds is 7. The smallest absolute Gasteiger partial charge is 0.250 e. The summed E-state index contributed by atoms with van der Waals surface area (Å²) in [4.78, 5) is 12.1. The number of hydrazone groups is 1. The monoisotopic (exact) mass is 473 g/mol. The van der Waals surface area contributed by atoms with Gasteiger partial charge in [-0.25, -0.2) is 5.43 Å². The molecule has 0 saturated carbocycles. The first-order valence-corrected chi connectivity index (χ1v) is 11.8. The van der Waals surface area contributed by atoms with Crippen molar-refractivity contribution < 1.29 is 4.79 Å². The predicted octanol–water partition coefficient (Wildman–Crippen LogP) is 6.40. The molecule has 1 heterocycles. The van der Waals surface area contributed by atoms with Gasteiger partial charge < -0.3 is 4.57 Å². The van der Waals surface area contributed by atoms with Crippen LogP contribution in [0.2, 0.25) is 10.0 Å². The summed E-state index contributed by atoms with van der Waals surface area (Å²) in [6.07, 6.45) is 1.69. The number of para-hydroxylation sites is 1. The van der Waals surface area contributed by atoms with Crippen LogP contribution in [-0.4, -0.2) is 22.4 Å². The number of aryl methyl sites for hydroxylation is 3. The number of hydrogen-bond donors (Lipinski definition) is 1. The molecule has 0 atom stereocenters. The quantitative estimate of drug-likeness (QED) is 0.318. The number of halogens is 2. The van der Waals surface area contributed by atoms with E-state index in [9.17, 15) is 4.79 Å². The first-order chi connectivity index (χ1) is 14.8. The zero-order chi connectivity index (χ0) is 22.5. The largest absolute Gasteiger partial charge is 0.317 e. The topological polar surface area (TPSA) is 46.4 Å². The van der Waals surface area contributed by atoms with Crippen molar-refractivity contribution in [3.63, 3.8) is 0 Å². The fourth-order valence-corrected chi connectivity index (χ4v) is 5.10. The third-order valence-corrected chi connectivity index (χ3v) is 6.73. The highest BCUT2D eigenvalue weighted by Gasteiger charge is 2.13. The van der Waals surface area contributed by atoms with Gasteiger partial charge in [0.15, 0.2) is 0 Å². The van der Waals surface area contributed by atoms with E-state index in [1.165, 1.54) is 28.6 Å². The molecule has 7 heteroatoms. The number of amides is 1. The number of benzene rings is 2. The van der Waals surface area contributed by atoms with E-state index < -0.39 is 0 Å². The van der Waals surface area contributed by atoms with Gasteiger partial charge in [-0.05, 0) is 62.6 Å². The number of hydrogen-bond acceptors (Lipinski definition) is 3. The fourth-order valence-electron chi connectivity index (χ4n) is 3.54. The number of carbonyl (C=O) groups is 1. The molecule has 1 aromatic heterocycles. The summed E-state index contributed by atoms with van der Waals surface area (Å²) in [7, 11) is 0. The molecule has 0 aliphatic heterocycles. The van der Waals surface area contributed by atoms with Crippen LogP contribution < -0.4 is 5.43 Å². The fraction of sp³-hybridized carbons (Fsp3) is 0.250. The van der Waals surface area contributed by atoms with Gasteiger partial charge in [-0.1, -0.05) is 47.5 Å². The minimum Gasteiger partial charge on any atom is -0.317 e. The van der Waals surface area contributed by atoms with Gasteiger partial charge >= 0.3 is 0 Å². The van der Waals surface area contributed by atoms with Crippen molar-refractivity contribution >= 4 is 47.1 Å². The Kier molecular flexibility index (Phi) is 7.87. The second-order valence-corrected chi connectivity index (χ2v) is 9.19. The first-order valence-electron chi connectivity index (χ1n) is 9.87. The first kappa shape index (κ1) is 23.5. The number of carbonyl (C=O) groups excluding carboxylic acids is 1. The van der Waals surface area contributed by atoms with Crippen LogP contribution >= 0.6 is 35.0 Å². The third-order valence-electron chi connectivity index (χ3n) is 5.07. The molecule has 2 aromatic carbocycles. The summed E-state index contributed by atoms with van der Waals surface area (Å²) >= 11 is 13.8. The Morgan fingerprint density at radius 1 is 1.06 bits per heavy atom. The molecule has 1 amide bonds.